The maximum absolute atomic E-state index is 12.1. The molecule has 7 nitrogen and oxygen atoms in total. The highest BCUT2D eigenvalue weighted by atomic mass is 17.2. The van der Waals surface area contributed by atoms with E-state index in [2.05, 4.69) is 9.78 Å². The predicted molar refractivity (Wildman–Crippen MR) is 85.6 cm³/mol. The number of hydrogen-bond donors (Lipinski definition) is 0. The van der Waals surface area contributed by atoms with Gasteiger partial charge in [-0.3, -0.25) is 4.79 Å². The monoisotopic (exact) mass is 344 g/mol. The number of benzene rings is 2. The van der Waals surface area contributed by atoms with Gasteiger partial charge in [0, 0.05) is 13.8 Å². The molecule has 1 atom stereocenters. The van der Waals surface area contributed by atoms with Crippen molar-refractivity contribution in [3.63, 3.8) is 0 Å². The molecule has 0 aliphatic heterocycles. The second-order valence-electron chi connectivity index (χ2n) is 4.90. The van der Waals surface area contributed by atoms with E-state index >= 15 is 0 Å². The average molecular weight is 344 g/mol. The highest BCUT2D eigenvalue weighted by Crippen LogP contribution is 2.21. The summed E-state index contributed by atoms with van der Waals surface area (Å²) in [5, 5.41) is 0. The number of ether oxygens (including phenoxy) is 2. The van der Waals surface area contributed by atoms with Crippen LogP contribution in [0.2, 0.25) is 0 Å². The molecule has 130 valence electrons. The van der Waals surface area contributed by atoms with E-state index in [0.29, 0.717) is 0 Å². The number of hydrogen-bond acceptors (Lipinski definition) is 7. The summed E-state index contributed by atoms with van der Waals surface area (Å²) < 4.78 is 10.2. The molecule has 2 aromatic rings. The molecule has 1 unspecified atom stereocenters. The van der Waals surface area contributed by atoms with Gasteiger partial charge in [-0.1, -0.05) is 30.3 Å². The Labute approximate surface area is 144 Å². The van der Waals surface area contributed by atoms with E-state index in [1.807, 2.05) is 0 Å². The van der Waals surface area contributed by atoms with Gasteiger partial charge >= 0.3 is 17.9 Å². The highest BCUT2D eigenvalue weighted by molar-refractivity contribution is 5.94. The van der Waals surface area contributed by atoms with E-state index in [-0.39, 0.29) is 16.9 Å². The SMILES string of the molecule is CC(=O)OC(C)Oc1ccccc1C(=O)OOC(=O)c1ccccc1. The van der Waals surface area contributed by atoms with Gasteiger partial charge in [0.15, 0.2) is 0 Å². The molecule has 0 aliphatic carbocycles. The average Bonchev–Trinajstić information content (AvgIpc) is 2.60. The molecule has 0 N–H and O–H groups in total. The van der Waals surface area contributed by atoms with E-state index < -0.39 is 24.2 Å². The summed E-state index contributed by atoms with van der Waals surface area (Å²) in [5.74, 6) is -2.13. The topological polar surface area (TPSA) is 88.1 Å². The second-order valence-corrected chi connectivity index (χ2v) is 4.90. The van der Waals surface area contributed by atoms with Crippen LogP contribution < -0.4 is 4.74 Å². The molecule has 0 aliphatic rings. The minimum absolute atomic E-state index is 0.0161. The van der Waals surface area contributed by atoms with Crippen LogP contribution in [0.3, 0.4) is 0 Å². The third-order valence-corrected chi connectivity index (χ3v) is 2.93. The van der Waals surface area contributed by atoms with Gasteiger partial charge in [-0.15, -0.1) is 0 Å². The van der Waals surface area contributed by atoms with Crippen LogP contribution in [0.4, 0.5) is 0 Å². The van der Waals surface area contributed by atoms with Gasteiger partial charge in [0.1, 0.15) is 11.3 Å². The molecule has 0 heterocycles. The Hall–Kier alpha value is -3.35. The van der Waals surface area contributed by atoms with Crippen LogP contribution in [0.1, 0.15) is 34.6 Å². The van der Waals surface area contributed by atoms with Crippen LogP contribution in [0, 0.1) is 0 Å². The molecular weight excluding hydrogens is 328 g/mol. The molecule has 0 aromatic heterocycles. The fourth-order valence-corrected chi connectivity index (χ4v) is 1.92. The molecule has 0 spiro atoms. The molecule has 0 bridgehead atoms. The van der Waals surface area contributed by atoms with Crippen LogP contribution in [0.15, 0.2) is 54.6 Å². The number of carbonyl (C=O) groups excluding carboxylic acids is 3. The number of rotatable bonds is 5. The lowest BCUT2D eigenvalue weighted by Crippen LogP contribution is -2.21. The molecule has 0 fully saturated rings. The van der Waals surface area contributed by atoms with Crippen molar-refractivity contribution in [3.8, 4) is 5.75 Å². The number of esters is 1. The molecule has 7 heteroatoms. The molecule has 2 rings (SSSR count). The van der Waals surface area contributed by atoms with Gasteiger partial charge in [0.25, 0.3) is 0 Å². The lowest BCUT2D eigenvalue weighted by atomic mass is 10.2. The van der Waals surface area contributed by atoms with Gasteiger partial charge < -0.3 is 9.47 Å². The van der Waals surface area contributed by atoms with Crippen molar-refractivity contribution >= 4 is 17.9 Å². The summed E-state index contributed by atoms with van der Waals surface area (Å²) in [4.78, 5) is 43.9. The first-order valence-electron chi connectivity index (χ1n) is 7.38. The Morgan fingerprint density at radius 1 is 0.840 bits per heavy atom. The summed E-state index contributed by atoms with van der Waals surface area (Å²) in [6, 6.07) is 14.2. The second kappa shape index (κ2) is 8.49. The maximum Gasteiger partial charge on any atom is 0.390 e. The first-order valence-corrected chi connectivity index (χ1v) is 7.38. The third kappa shape index (κ3) is 5.35. The number of carbonyl (C=O) groups is 3. The zero-order valence-electron chi connectivity index (χ0n) is 13.6. The Balaban J connectivity index is 2.02. The lowest BCUT2D eigenvalue weighted by Gasteiger charge is -2.16. The minimum atomic E-state index is -0.921. The summed E-state index contributed by atoms with van der Waals surface area (Å²) in [6.07, 6.45) is -0.904. The zero-order chi connectivity index (χ0) is 18.2. The van der Waals surface area contributed by atoms with Gasteiger partial charge in [0.05, 0.1) is 5.56 Å². The van der Waals surface area contributed by atoms with Crippen LogP contribution in [-0.4, -0.2) is 24.2 Å². The molecule has 0 saturated carbocycles. The maximum atomic E-state index is 12.1. The molecule has 25 heavy (non-hydrogen) atoms. The predicted octanol–water partition coefficient (Wildman–Crippen LogP) is 2.90. The number of para-hydroxylation sites is 1. The Kier molecular flexibility index (Phi) is 6.11. The molecule has 2 aromatic carbocycles. The van der Waals surface area contributed by atoms with Crippen molar-refractivity contribution in [3.05, 3.63) is 65.7 Å². The van der Waals surface area contributed by atoms with Crippen molar-refractivity contribution in [2.24, 2.45) is 0 Å². The van der Waals surface area contributed by atoms with E-state index in [4.69, 9.17) is 9.47 Å². The quantitative estimate of drug-likeness (QED) is 0.357. The smallest absolute Gasteiger partial charge is 0.390 e. The molecule has 0 saturated heterocycles. The summed E-state index contributed by atoms with van der Waals surface area (Å²) in [7, 11) is 0. The Morgan fingerprint density at radius 2 is 1.44 bits per heavy atom. The lowest BCUT2D eigenvalue weighted by molar-refractivity contribution is -0.187. The van der Waals surface area contributed by atoms with Gasteiger partial charge in [-0.05, 0) is 24.3 Å². The summed E-state index contributed by atoms with van der Waals surface area (Å²) in [5.41, 5.74) is 0.255. The standard InChI is InChI=1S/C18H16O7/c1-12(19)22-13(2)23-16-11-7-6-10-15(16)18(21)25-24-17(20)14-8-4-3-5-9-14/h3-11,13H,1-2H3. The van der Waals surface area contributed by atoms with Crippen LogP contribution >= 0.6 is 0 Å². The van der Waals surface area contributed by atoms with Crippen LogP contribution in [0.5, 0.6) is 5.75 Å². The van der Waals surface area contributed by atoms with Crippen molar-refractivity contribution in [2.45, 2.75) is 20.1 Å². The molecule has 0 radical (unpaired) electrons. The van der Waals surface area contributed by atoms with E-state index in [9.17, 15) is 14.4 Å². The fraction of sp³-hybridized carbons (Fsp3) is 0.167. The van der Waals surface area contributed by atoms with Crippen molar-refractivity contribution in [1.82, 2.24) is 0 Å². The zero-order valence-corrected chi connectivity index (χ0v) is 13.6. The summed E-state index contributed by atoms with van der Waals surface area (Å²) in [6.45, 7) is 2.74. The Morgan fingerprint density at radius 3 is 2.12 bits per heavy atom. The van der Waals surface area contributed by atoms with Crippen LogP contribution in [-0.2, 0) is 19.3 Å². The molecule has 0 amide bonds. The Bertz CT molecular complexity index is 755. The largest absolute Gasteiger partial charge is 0.454 e. The van der Waals surface area contributed by atoms with E-state index in [1.165, 1.54) is 38.1 Å². The van der Waals surface area contributed by atoms with E-state index in [1.54, 1.807) is 30.3 Å². The third-order valence-electron chi connectivity index (χ3n) is 2.93. The van der Waals surface area contributed by atoms with Crippen molar-refractivity contribution in [1.29, 1.82) is 0 Å². The van der Waals surface area contributed by atoms with Gasteiger partial charge in [0.2, 0.25) is 6.29 Å². The van der Waals surface area contributed by atoms with Crippen molar-refractivity contribution < 1.29 is 33.6 Å². The molecular formula is C18H16O7. The minimum Gasteiger partial charge on any atom is -0.454 e. The summed E-state index contributed by atoms with van der Waals surface area (Å²) >= 11 is 0. The van der Waals surface area contributed by atoms with E-state index in [0.717, 1.165) is 0 Å². The first-order chi connectivity index (χ1) is 12.0. The van der Waals surface area contributed by atoms with Crippen LogP contribution in [0.25, 0.3) is 0 Å². The fourth-order valence-electron chi connectivity index (χ4n) is 1.92. The van der Waals surface area contributed by atoms with Gasteiger partial charge in [-0.2, -0.15) is 0 Å². The highest BCUT2D eigenvalue weighted by Gasteiger charge is 2.19. The van der Waals surface area contributed by atoms with Gasteiger partial charge in [-0.25, -0.2) is 19.4 Å². The first kappa shape index (κ1) is 18.0. The normalized spacial score (nSPS) is 11.1. The van der Waals surface area contributed by atoms with Crippen molar-refractivity contribution in [2.75, 3.05) is 0 Å².